The average molecular weight is 369 g/mol. The van der Waals surface area contributed by atoms with Gasteiger partial charge in [0.05, 0.1) is 13.1 Å². The molecule has 2 unspecified atom stereocenters. The van der Waals surface area contributed by atoms with Gasteiger partial charge in [-0.3, -0.25) is 14.5 Å². The molecule has 138 valence electrons. The molecular weight excluding hydrogens is 346 g/mol. The lowest BCUT2D eigenvalue weighted by molar-refractivity contribution is -0.137. The monoisotopic (exact) mass is 368 g/mol. The van der Waals surface area contributed by atoms with Gasteiger partial charge in [-0.1, -0.05) is 19.8 Å². The van der Waals surface area contributed by atoms with Crippen LogP contribution in [0.25, 0.3) is 0 Å². The molecule has 24 heavy (non-hydrogen) atoms. The first-order valence-electron chi connectivity index (χ1n) is 7.70. The van der Waals surface area contributed by atoms with Crippen LogP contribution in [0.4, 0.5) is 13.6 Å². The first-order chi connectivity index (χ1) is 10.7. The maximum absolute atomic E-state index is 13.0. The lowest BCUT2D eigenvalue weighted by atomic mass is 9.73. The molecule has 2 fully saturated rings. The van der Waals surface area contributed by atoms with Gasteiger partial charge >= 0.3 is 6.03 Å². The predicted octanol–water partition coefficient (Wildman–Crippen LogP) is 0.619. The minimum Gasteiger partial charge on any atom is -0.348 e. The largest absolute Gasteiger partial charge is 0.348 e. The highest BCUT2D eigenvalue weighted by atomic mass is 35.5. The SMILES string of the molecule is CC1CCCCC12NC(=O)N(CC(=O)NCC(F)(F)CN)C2=O.Cl. The highest BCUT2D eigenvalue weighted by Crippen LogP contribution is 2.38. The van der Waals surface area contributed by atoms with Crippen LogP contribution in [0.15, 0.2) is 0 Å². The van der Waals surface area contributed by atoms with E-state index in [4.69, 9.17) is 5.73 Å². The van der Waals surface area contributed by atoms with Crippen LogP contribution < -0.4 is 16.4 Å². The predicted molar refractivity (Wildman–Crippen MR) is 84.9 cm³/mol. The normalized spacial score (nSPS) is 27.0. The fourth-order valence-electron chi connectivity index (χ4n) is 3.14. The molecule has 1 spiro atoms. The Morgan fingerprint density at radius 3 is 2.71 bits per heavy atom. The Morgan fingerprint density at radius 2 is 2.12 bits per heavy atom. The summed E-state index contributed by atoms with van der Waals surface area (Å²) in [5, 5.41) is 4.70. The molecule has 1 saturated carbocycles. The van der Waals surface area contributed by atoms with Crippen molar-refractivity contribution in [2.75, 3.05) is 19.6 Å². The highest BCUT2D eigenvalue weighted by Gasteiger charge is 2.55. The third-order valence-corrected chi connectivity index (χ3v) is 4.65. The molecule has 2 aliphatic rings. The second-order valence-corrected chi connectivity index (χ2v) is 6.28. The van der Waals surface area contributed by atoms with E-state index >= 15 is 0 Å². The number of carbonyl (C=O) groups is 3. The quantitative estimate of drug-likeness (QED) is 0.619. The summed E-state index contributed by atoms with van der Waals surface area (Å²) in [6, 6.07) is -0.649. The van der Waals surface area contributed by atoms with Crippen molar-refractivity contribution in [2.45, 2.75) is 44.1 Å². The number of amides is 4. The van der Waals surface area contributed by atoms with Crippen LogP contribution in [-0.4, -0.2) is 53.8 Å². The van der Waals surface area contributed by atoms with Gasteiger partial charge in [-0.15, -0.1) is 12.4 Å². The Labute approximate surface area is 145 Å². The number of hydrogen-bond donors (Lipinski definition) is 3. The topological polar surface area (TPSA) is 105 Å². The minimum absolute atomic E-state index is 0. The van der Waals surface area contributed by atoms with Gasteiger partial charge in [0.2, 0.25) is 5.91 Å². The number of nitrogens with zero attached hydrogens (tertiary/aromatic N) is 1. The van der Waals surface area contributed by atoms with Crippen LogP contribution in [0, 0.1) is 5.92 Å². The number of urea groups is 1. The van der Waals surface area contributed by atoms with E-state index in [9.17, 15) is 23.2 Å². The molecule has 2 rings (SSSR count). The molecule has 1 aliphatic heterocycles. The van der Waals surface area contributed by atoms with Gasteiger partial charge in [-0.2, -0.15) is 0 Å². The molecule has 0 aromatic carbocycles. The second-order valence-electron chi connectivity index (χ2n) is 6.28. The molecule has 0 bridgehead atoms. The summed E-state index contributed by atoms with van der Waals surface area (Å²) in [6.45, 7) is -0.493. The Kier molecular flexibility index (Phi) is 6.52. The van der Waals surface area contributed by atoms with Crippen LogP contribution in [0.3, 0.4) is 0 Å². The summed E-state index contributed by atoms with van der Waals surface area (Å²) in [6.07, 6.45) is 3.15. The summed E-state index contributed by atoms with van der Waals surface area (Å²) in [5.74, 6) is -4.51. The van der Waals surface area contributed by atoms with E-state index < -0.39 is 48.9 Å². The van der Waals surface area contributed by atoms with Gasteiger partial charge in [0.1, 0.15) is 12.1 Å². The molecule has 4 amide bonds. The molecule has 1 heterocycles. The van der Waals surface area contributed by atoms with Gasteiger partial charge in [-0.05, 0) is 18.8 Å². The van der Waals surface area contributed by atoms with Crippen molar-refractivity contribution in [3.05, 3.63) is 0 Å². The second kappa shape index (κ2) is 7.60. The molecule has 10 heteroatoms. The van der Waals surface area contributed by atoms with Crippen LogP contribution in [0.2, 0.25) is 0 Å². The van der Waals surface area contributed by atoms with Crippen molar-refractivity contribution in [1.29, 1.82) is 0 Å². The number of imide groups is 1. The van der Waals surface area contributed by atoms with Crippen LogP contribution >= 0.6 is 12.4 Å². The number of rotatable bonds is 5. The smallest absolute Gasteiger partial charge is 0.325 e. The molecule has 1 saturated heterocycles. The maximum atomic E-state index is 13.0. The van der Waals surface area contributed by atoms with E-state index in [0.717, 1.165) is 24.2 Å². The molecule has 0 aromatic heterocycles. The van der Waals surface area contributed by atoms with E-state index in [1.165, 1.54) is 0 Å². The summed E-state index contributed by atoms with van der Waals surface area (Å²) in [4.78, 5) is 37.2. The van der Waals surface area contributed by atoms with E-state index in [1.54, 1.807) is 0 Å². The third-order valence-electron chi connectivity index (χ3n) is 4.65. The van der Waals surface area contributed by atoms with Gasteiger partial charge in [0.25, 0.3) is 11.8 Å². The fraction of sp³-hybridized carbons (Fsp3) is 0.786. The fourth-order valence-corrected chi connectivity index (χ4v) is 3.14. The molecule has 1 aliphatic carbocycles. The maximum Gasteiger partial charge on any atom is 0.325 e. The number of nitrogens with one attached hydrogen (secondary N) is 2. The Morgan fingerprint density at radius 1 is 1.46 bits per heavy atom. The van der Waals surface area contributed by atoms with E-state index in [0.29, 0.717) is 6.42 Å². The van der Waals surface area contributed by atoms with E-state index in [-0.39, 0.29) is 18.3 Å². The van der Waals surface area contributed by atoms with Crippen LogP contribution in [-0.2, 0) is 9.59 Å². The Hall–Kier alpha value is -1.48. The number of hydrogen-bond acceptors (Lipinski definition) is 4. The van der Waals surface area contributed by atoms with Crippen molar-refractivity contribution in [3.8, 4) is 0 Å². The van der Waals surface area contributed by atoms with Crippen molar-refractivity contribution in [3.63, 3.8) is 0 Å². The van der Waals surface area contributed by atoms with Crippen molar-refractivity contribution in [2.24, 2.45) is 11.7 Å². The van der Waals surface area contributed by atoms with Crippen LogP contribution in [0.5, 0.6) is 0 Å². The molecule has 0 aromatic rings. The summed E-state index contributed by atoms with van der Waals surface area (Å²) in [7, 11) is 0. The average Bonchev–Trinajstić information content (AvgIpc) is 2.74. The van der Waals surface area contributed by atoms with Crippen molar-refractivity contribution in [1.82, 2.24) is 15.5 Å². The van der Waals surface area contributed by atoms with Gasteiger partial charge in [0, 0.05) is 0 Å². The van der Waals surface area contributed by atoms with Crippen molar-refractivity contribution >= 4 is 30.3 Å². The molecular formula is C14H23ClF2N4O3. The zero-order valence-corrected chi connectivity index (χ0v) is 14.3. The number of halogens is 3. The van der Waals surface area contributed by atoms with E-state index in [2.05, 4.69) is 5.32 Å². The van der Waals surface area contributed by atoms with Crippen LogP contribution in [0.1, 0.15) is 32.6 Å². The third kappa shape index (κ3) is 3.94. The zero-order chi connectivity index (χ0) is 17.3. The standard InChI is InChI=1S/C14H22F2N4O3.ClH/c1-9-4-2-3-5-14(9)11(22)20(12(23)19-14)6-10(21)18-8-13(15,16)7-17;/h9H,2-8,17H2,1H3,(H,18,21)(H,19,23);1H. The highest BCUT2D eigenvalue weighted by molar-refractivity contribution is 6.09. The summed E-state index contributed by atoms with van der Waals surface area (Å²) >= 11 is 0. The first-order valence-corrected chi connectivity index (χ1v) is 7.70. The zero-order valence-electron chi connectivity index (χ0n) is 13.4. The lowest BCUT2D eigenvalue weighted by Gasteiger charge is -2.36. The lowest BCUT2D eigenvalue weighted by Crippen LogP contribution is -2.54. The summed E-state index contributed by atoms with van der Waals surface area (Å²) in [5.41, 5.74) is 3.92. The minimum atomic E-state index is -3.22. The molecule has 7 nitrogen and oxygen atoms in total. The Bertz CT molecular complexity index is 520. The molecule has 4 N–H and O–H groups in total. The Balaban J connectivity index is 0.00000288. The number of alkyl halides is 2. The number of carbonyl (C=O) groups excluding carboxylic acids is 3. The molecule has 0 radical (unpaired) electrons. The van der Waals surface area contributed by atoms with Crippen molar-refractivity contribution < 1.29 is 23.2 Å². The summed E-state index contributed by atoms with van der Waals surface area (Å²) < 4.78 is 26.0. The van der Waals surface area contributed by atoms with E-state index in [1.807, 2.05) is 12.2 Å². The van der Waals surface area contributed by atoms with Gasteiger partial charge in [-0.25, -0.2) is 13.6 Å². The first kappa shape index (κ1) is 20.6. The number of nitrogens with two attached hydrogens (primary N) is 1. The van der Waals surface area contributed by atoms with Gasteiger partial charge < -0.3 is 16.4 Å². The van der Waals surface area contributed by atoms with Gasteiger partial charge in [0.15, 0.2) is 0 Å². The molecule has 2 atom stereocenters.